The second-order valence-electron chi connectivity index (χ2n) is 4.55. The summed E-state index contributed by atoms with van der Waals surface area (Å²) in [6.07, 6.45) is 3.68. The molecule has 96 valence electrons. The van der Waals surface area contributed by atoms with Gasteiger partial charge in [0.2, 0.25) is 0 Å². The molecular weight excluding hydrogens is 250 g/mol. The number of aromatic nitrogens is 4. The van der Waals surface area contributed by atoms with Crippen molar-refractivity contribution >= 4 is 22.2 Å². The van der Waals surface area contributed by atoms with Crippen molar-refractivity contribution < 1.29 is 0 Å². The molecule has 0 aliphatic rings. The van der Waals surface area contributed by atoms with Crippen LogP contribution in [0, 0.1) is 0 Å². The fourth-order valence-electron chi connectivity index (χ4n) is 2.45. The molecule has 0 atom stereocenters. The van der Waals surface area contributed by atoms with Crippen molar-refractivity contribution in [1.82, 2.24) is 19.6 Å². The lowest BCUT2D eigenvalue weighted by atomic mass is 10.1. The van der Waals surface area contributed by atoms with Gasteiger partial charge in [-0.3, -0.25) is 4.40 Å². The zero-order chi connectivity index (χ0) is 13.5. The molecule has 0 saturated heterocycles. The van der Waals surface area contributed by atoms with Crippen molar-refractivity contribution in [2.24, 2.45) is 0 Å². The molecule has 0 saturated carbocycles. The van der Waals surface area contributed by atoms with Gasteiger partial charge in [0.25, 0.3) is 0 Å². The van der Waals surface area contributed by atoms with Gasteiger partial charge in [-0.05, 0) is 12.1 Å². The zero-order valence-electron chi connectivity index (χ0n) is 10.6. The number of benzene rings is 1. The van der Waals surface area contributed by atoms with Crippen molar-refractivity contribution in [2.75, 3.05) is 5.73 Å². The van der Waals surface area contributed by atoms with Crippen LogP contribution in [0.25, 0.3) is 27.8 Å². The van der Waals surface area contributed by atoms with Gasteiger partial charge in [-0.1, -0.05) is 30.3 Å². The van der Waals surface area contributed by atoms with E-state index in [1.54, 1.807) is 6.20 Å². The van der Waals surface area contributed by atoms with E-state index >= 15 is 0 Å². The second kappa shape index (κ2) is 4.03. The predicted octanol–water partition coefficient (Wildman–Crippen LogP) is 2.53. The predicted molar refractivity (Wildman–Crippen MR) is 78.1 cm³/mol. The van der Waals surface area contributed by atoms with E-state index in [4.69, 9.17) is 5.73 Å². The van der Waals surface area contributed by atoms with Crippen LogP contribution in [-0.4, -0.2) is 19.6 Å². The topological polar surface area (TPSA) is 69.1 Å². The minimum Gasteiger partial charge on any atom is -0.382 e. The van der Waals surface area contributed by atoms with E-state index in [0.717, 1.165) is 27.8 Å². The Labute approximate surface area is 114 Å². The van der Waals surface area contributed by atoms with Crippen LogP contribution in [0.3, 0.4) is 0 Å². The third kappa shape index (κ3) is 1.46. The molecule has 0 aliphatic carbocycles. The molecule has 4 rings (SSSR count). The standard InChI is InChI=1S/C15H11N5/c16-15-11-5-2-1-4-10(11)14(18-19-15)12-6-3-7-13-17-8-9-20(12)13/h1-9H,(H2,16,19). The molecule has 0 bridgehead atoms. The number of hydrogen-bond acceptors (Lipinski definition) is 4. The summed E-state index contributed by atoms with van der Waals surface area (Å²) < 4.78 is 1.99. The largest absolute Gasteiger partial charge is 0.382 e. The lowest BCUT2D eigenvalue weighted by Gasteiger charge is -2.08. The van der Waals surface area contributed by atoms with E-state index in [9.17, 15) is 0 Å². The van der Waals surface area contributed by atoms with Crippen LogP contribution in [0.4, 0.5) is 5.82 Å². The molecule has 0 amide bonds. The van der Waals surface area contributed by atoms with Gasteiger partial charge in [0.05, 0.1) is 5.69 Å². The van der Waals surface area contributed by atoms with E-state index in [0.29, 0.717) is 5.82 Å². The average molecular weight is 261 g/mol. The molecule has 3 aromatic heterocycles. The molecule has 3 heterocycles. The van der Waals surface area contributed by atoms with Gasteiger partial charge in [-0.15, -0.1) is 10.2 Å². The van der Waals surface area contributed by atoms with Crippen LogP contribution in [0.5, 0.6) is 0 Å². The van der Waals surface area contributed by atoms with Crippen molar-refractivity contribution in [2.45, 2.75) is 0 Å². The Morgan fingerprint density at radius 1 is 0.900 bits per heavy atom. The lowest BCUT2D eigenvalue weighted by Crippen LogP contribution is -2.00. The maximum absolute atomic E-state index is 5.90. The molecule has 0 radical (unpaired) electrons. The first-order valence-electron chi connectivity index (χ1n) is 6.28. The zero-order valence-corrected chi connectivity index (χ0v) is 10.6. The number of pyridine rings is 1. The Morgan fingerprint density at radius 2 is 1.75 bits per heavy atom. The molecule has 4 aromatic rings. The summed E-state index contributed by atoms with van der Waals surface area (Å²) in [4.78, 5) is 4.29. The molecule has 0 unspecified atom stereocenters. The van der Waals surface area contributed by atoms with Gasteiger partial charge in [0.15, 0.2) is 5.82 Å². The summed E-state index contributed by atoms with van der Waals surface area (Å²) in [5.41, 5.74) is 8.53. The van der Waals surface area contributed by atoms with Crippen LogP contribution in [0.15, 0.2) is 54.9 Å². The van der Waals surface area contributed by atoms with Crippen LogP contribution in [0.2, 0.25) is 0 Å². The van der Waals surface area contributed by atoms with Gasteiger partial charge in [0.1, 0.15) is 11.3 Å². The summed E-state index contributed by atoms with van der Waals surface area (Å²) in [5, 5.41) is 10.3. The SMILES string of the molecule is Nc1nnc(-c2cccc3nccn23)c2ccccc12. The maximum atomic E-state index is 5.90. The van der Waals surface area contributed by atoms with Gasteiger partial charge >= 0.3 is 0 Å². The monoisotopic (exact) mass is 261 g/mol. The highest BCUT2D eigenvalue weighted by molar-refractivity contribution is 5.99. The molecular formula is C15H11N5. The average Bonchev–Trinajstić information content (AvgIpc) is 2.97. The van der Waals surface area contributed by atoms with E-state index < -0.39 is 0 Å². The van der Waals surface area contributed by atoms with Gasteiger partial charge in [-0.2, -0.15) is 0 Å². The summed E-state index contributed by atoms with van der Waals surface area (Å²) >= 11 is 0. The van der Waals surface area contributed by atoms with Crippen LogP contribution in [-0.2, 0) is 0 Å². The fraction of sp³-hybridized carbons (Fsp3) is 0. The third-order valence-electron chi connectivity index (χ3n) is 3.39. The van der Waals surface area contributed by atoms with Gasteiger partial charge in [-0.25, -0.2) is 4.98 Å². The Morgan fingerprint density at radius 3 is 2.65 bits per heavy atom. The number of anilines is 1. The Kier molecular flexibility index (Phi) is 2.20. The third-order valence-corrected chi connectivity index (χ3v) is 3.39. The maximum Gasteiger partial charge on any atom is 0.154 e. The first kappa shape index (κ1) is 10.9. The Balaban J connectivity index is 2.13. The Bertz CT molecular complexity index is 926. The number of rotatable bonds is 1. The number of nitrogens with two attached hydrogens (primary N) is 1. The number of imidazole rings is 1. The lowest BCUT2D eigenvalue weighted by molar-refractivity contribution is 1.05. The van der Waals surface area contributed by atoms with Crippen molar-refractivity contribution in [3.05, 3.63) is 54.9 Å². The number of nitrogen functional groups attached to an aromatic ring is 1. The quantitative estimate of drug-likeness (QED) is 0.571. The number of fused-ring (bicyclic) bond motifs is 2. The van der Waals surface area contributed by atoms with Crippen molar-refractivity contribution in [3.8, 4) is 11.4 Å². The highest BCUT2D eigenvalue weighted by Gasteiger charge is 2.11. The summed E-state index contributed by atoms with van der Waals surface area (Å²) in [6, 6.07) is 13.8. The molecule has 20 heavy (non-hydrogen) atoms. The number of hydrogen-bond donors (Lipinski definition) is 1. The Hall–Kier alpha value is -2.95. The van der Waals surface area contributed by atoms with Gasteiger partial charge < -0.3 is 5.73 Å². The smallest absolute Gasteiger partial charge is 0.154 e. The van der Waals surface area contributed by atoms with Crippen LogP contribution >= 0.6 is 0 Å². The number of nitrogens with zero attached hydrogens (tertiary/aromatic N) is 4. The van der Waals surface area contributed by atoms with Crippen molar-refractivity contribution in [1.29, 1.82) is 0 Å². The molecule has 2 N–H and O–H groups in total. The first-order valence-corrected chi connectivity index (χ1v) is 6.28. The molecule has 1 aromatic carbocycles. The summed E-state index contributed by atoms with van der Waals surface area (Å²) in [5.74, 6) is 0.446. The summed E-state index contributed by atoms with van der Waals surface area (Å²) in [7, 11) is 0. The molecule has 5 nitrogen and oxygen atoms in total. The second-order valence-corrected chi connectivity index (χ2v) is 4.55. The van der Waals surface area contributed by atoms with Crippen LogP contribution in [0.1, 0.15) is 0 Å². The summed E-state index contributed by atoms with van der Waals surface area (Å²) in [6.45, 7) is 0. The molecule has 5 heteroatoms. The minimum atomic E-state index is 0.446. The highest BCUT2D eigenvalue weighted by Crippen LogP contribution is 2.28. The van der Waals surface area contributed by atoms with Crippen LogP contribution < -0.4 is 5.73 Å². The molecule has 0 fully saturated rings. The minimum absolute atomic E-state index is 0.446. The van der Waals surface area contributed by atoms with Crippen molar-refractivity contribution in [3.63, 3.8) is 0 Å². The first-order chi connectivity index (χ1) is 9.84. The van der Waals surface area contributed by atoms with E-state index in [1.807, 2.05) is 53.1 Å². The van der Waals surface area contributed by atoms with E-state index in [1.165, 1.54) is 0 Å². The van der Waals surface area contributed by atoms with E-state index in [2.05, 4.69) is 15.2 Å². The normalized spacial score (nSPS) is 11.2. The highest BCUT2D eigenvalue weighted by atomic mass is 15.2. The van der Waals surface area contributed by atoms with Gasteiger partial charge in [0, 0.05) is 23.2 Å². The van der Waals surface area contributed by atoms with E-state index in [-0.39, 0.29) is 0 Å². The fourth-order valence-corrected chi connectivity index (χ4v) is 2.45. The molecule has 0 aliphatic heterocycles. The molecule has 0 spiro atoms.